The highest BCUT2D eigenvalue weighted by atomic mass is 32.2. The zero-order valence-corrected chi connectivity index (χ0v) is 10.3. The molecule has 1 aromatic rings. The van der Waals surface area contributed by atoms with E-state index in [1.165, 1.54) is 0 Å². The van der Waals surface area contributed by atoms with Crippen LogP contribution < -0.4 is 5.32 Å². The molecular weight excluding hydrogens is 222 g/mol. The third kappa shape index (κ3) is 3.09. The lowest BCUT2D eigenvalue weighted by Crippen LogP contribution is -2.30. The Morgan fingerprint density at radius 1 is 1.50 bits per heavy atom. The Balaban J connectivity index is 1.97. The van der Waals surface area contributed by atoms with Gasteiger partial charge in [0, 0.05) is 17.6 Å². The molecule has 1 aromatic heterocycles. The van der Waals surface area contributed by atoms with Crippen LogP contribution in [0, 0.1) is 12.8 Å². The van der Waals surface area contributed by atoms with Crippen molar-refractivity contribution in [3.63, 3.8) is 0 Å². The molecular formula is C11H17N3OS. The highest BCUT2D eigenvalue weighted by Gasteiger charge is 2.18. The Morgan fingerprint density at radius 2 is 2.25 bits per heavy atom. The number of nitrogens with zero attached hydrogens (tertiary/aromatic N) is 2. The van der Waals surface area contributed by atoms with Crippen LogP contribution in [0.1, 0.15) is 18.5 Å². The third-order valence-corrected chi connectivity index (χ3v) is 4.20. The lowest BCUT2D eigenvalue weighted by molar-refractivity contribution is 0.405. The lowest BCUT2D eigenvalue weighted by Gasteiger charge is -2.21. The van der Waals surface area contributed by atoms with Crippen molar-refractivity contribution in [3.05, 3.63) is 18.0 Å². The Bertz CT molecular complexity index is 377. The van der Waals surface area contributed by atoms with E-state index in [2.05, 4.69) is 15.3 Å². The standard InChI is InChI=1S/C11H17N3OS/c1-9-2-7-13-11(14-9)16(15)8-10-3-5-12-6-4-10/h2,7,10,12H,3-6,8H2,1H3/t16-/m1/s1. The maximum Gasteiger partial charge on any atom is 0.218 e. The molecule has 1 atom stereocenters. The quantitative estimate of drug-likeness (QED) is 0.796. The van der Waals surface area contributed by atoms with E-state index in [-0.39, 0.29) is 0 Å². The van der Waals surface area contributed by atoms with E-state index in [1.54, 1.807) is 6.20 Å². The van der Waals surface area contributed by atoms with E-state index in [0.717, 1.165) is 31.6 Å². The number of piperidine rings is 1. The smallest absolute Gasteiger partial charge is 0.218 e. The molecule has 1 aliphatic rings. The SMILES string of the molecule is Cc1ccnc([S@](=O)CC2CCNCC2)n1. The Kier molecular flexibility index (Phi) is 4.01. The van der Waals surface area contributed by atoms with Crippen LogP contribution in [0.3, 0.4) is 0 Å². The second-order valence-corrected chi connectivity index (χ2v) is 5.58. The molecule has 2 heterocycles. The number of hydrogen-bond donors (Lipinski definition) is 1. The van der Waals surface area contributed by atoms with Crippen molar-refractivity contribution in [2.24, 2.45) is 5.92 Å². The average molecular weight is 239 g/mol. The largest absolute Gasteiger partial charge is 0.317 e. The summed E-state index contributed by atoms with van der Waals surface area (Å²) >= 11 is 0. The zero-order valence-electron chi connectivity index (χ0n) is 9.48. The van der Waals surface area contributed by atoms with Gasteiger partial charge < -0.3 is 5.32 Å². The summed E-state index contributed by atoms with van der Waals surface area (Å²) in [7, 11) is -1.04. The summed E-state index contributed by atoms with van der Waals surface area (Å²) in [6.07, 6.45) is 3.90. The fourth-order valence-corrected chi connectivity index (χ4v) is 3.21. The molecule has 16 heavy (non-hydrogen) atoms. The highest BCUT2D eigenvalue weighted by molar-refractivity contribution is 7.84. The molecule has 0 unspecified atom stereocenters. The molecule has 4 nitrogen and oxygen atoms in total. The summed E-state index contributed by atoms with van der Waals surface area (Å²) in [5.41, 5.74) is 0.878. The van der Waals surface area contributed by atoms with Crippen molar-refractivity contribution in [2.45, 2.75) is 24.9 Å². The van der Waals surface area contributed by atoms with Gasteiger partial charge in [-0.1, -0.05) is 0 Å². The molecule has 1 saturated heterocycles. The number of hydrogen-bond acceptors (Lipinski definition) is 4. The Hall–Kier alpha value is -0.810. The van der Waals surface area contributed by atoms with Crippen molar-refractivity contribution in [1.29, 1.82) is 0 Å². The third-order valence-electron chi connectivity index (χ3n) is 2.82. The first-order valence-electron chi connectivity index (χ1n) is 5.64. The van der Waals surface area contributed by atoms with E-state index < -0.39 is 10.8 Å². The number of nitrogens with one attached hydrogen (secondary N) is 1. The Morgan fingerprint density at radius 3 is 2.94 bits per heavy atom. The molecule has 1 fully saturated rings. The van der Waals surface area contributed by atoms with E-state index in [9.17, 15) is 4.21 Å². The number of rotatable bonds is 3. The summed E-state index contributed by atoms with van der Waals surface area (Å²) in [6.45, 7) is 3.97. The van der Waals surface area contributed by atoms with Crippen LogP contribution in [0.5, 0.6) is 0 Å². The second kappa shape index (κ2) is 5.50. The fraction of sp³-hybridized carbons (Fsp3) is 0.636. The average Bonchev–Trinajstić information content (AvgIpc) is 2.30. The summed E-state index contributed by atoms with van der Waals surface area (Å²) in [5.74, 6) is 1.25. The fourth-order valence-electron chi connectivity index (χ4n) is 1.87. The van der Waals surface area contributed by atoms with Gasteiger partial charge in [-0.3, -0.25) is 4.21 Å². The van der Waals surface area contributed by atoms with Crippen LogP contribution in [-0.2, 0) is 10.8 Å². The van der Waals surface area contributed by atoms with Gasteiger partial charge in [-0.25, -0.2) is 9.97 Å². The normalized spacial score (nSPS) is 19.6. The predicted octanol–water partition coefficient (Wildman–Crippen LogP) is 0.892. The van der Waals surface area contributed by atoms with Crippen molar-refractivity contribution in [3.8, 4) is 0 Å². The number of aromatic nitrogens is 2. The van der Waals surface area contributed by atoms with Crippen LogP contribution >= 0.6 is 0 Å². The summed E-state index contributed by atoms with van der Waals surface area (Å²) < 4.78 is 12.0. The first-order valence-corrected chi connectivity index (χ1v) is 6.96. The van der Waals surface area contributed by atoms with E-state index >= 15 is 0 Å². The van der Waals surface area contributed by atoms with Crippen molar-refractivity contribution < 1.29 is 4.21 Å². The van der Waals surface area contributed by atoms with Gasteiger partial charge in [-0.2, -0.15) is 0 Å². The van der Waals surface area contributed by atoms with Crippen LogP contribution in [0.15, 0.2) is 17.4 Å². The van der Waals surface area contributed by atoms with E-state index in [1.807, 2.05) is 13.0 Å². The molecule has 0 amide bonds. The van der Waals surface area contributed by atoms with Gasteiger partial charge in [0.15, 0.2) is 0 Å². The van der Waals surface area contributed by atoms with E-state index in [0.29, 0.717) is 16.8 Å². The summed E-state index contributed by atoms with van der Waals surface area (Å²) in [5, 5.41) is 3.79. The maximum absolute atomic E-state index is 12.0. The molecule has 2 rings (SSSR count). The highest BCUT2D eigenvalue weighted by Crippen LogP contribution is 2.15. The van der Waals surface area contributed by atoms with Crippen LogP contribution in [0.4, 0.5) is 0 Å². The van der Waals surface area contributed by atoms with Crippen LogP contribution in [0.25, 0.3) is 0 Å². The van der Waals surface area contributed by atoms with Crippen molar-refractivity contribution in [2.75, 3.05) is 18.8 Å². The first-order chi connectivity index (χ1) is 7.75. The van der Waals surface area contributed by atoms with Crippen LogP contribution in [-0.4, -0.2) is 33.0 Å². The van der Waals surface area contributed by atoms with E-state index in [4.69, 9.17) is 0 Å². The van der Waals surface area contributed by atoms with Crippen LogP contribution in [0.2, 0.25) is 0 Å². The summed E-state index contributed by atoms with van der Waals surface area (Å²) in [6, 6.07) is 1.82. The first kappa shape index (κ1) is 11.7. The maximum atomic E-state index is 12.0. The molecule has 0 aromatic carbocycles. The molecule has 1 N–H and O–H groups in total. The minimum atomic E-state index is -1.04. The van der Waals surface area contributed by atoms with Gasteiger partial charge in [0.05, 0.1) is 10.8 Å². The zero-order chi connectivity index (χ0) is 11.4. The monoisotopic (exact) mass is 239 g/mol. The summed E-state index contributed by atoms with van der Waals surface area (Å²) in [4.78, 5) is 8.29. The molecule has 0 radical (unpaired) electrons. The molecule has 1 aliphatic heterocycles. The topological polar surface area (TPSA) is 54.9 Å². The molecule has 88 valence electrons. The van der Waals surface area contributed by atoms with Gasteiger partial charge in [-0.05, 0) is 44.8 Å². The van der Waals surface area contributed by atoms with Crippen molar-refractivity contribution in [1.82, 2.24) is 15.3 Å². The number of aryl methyl sites for hydroxylation is 1. The van der Waals surface area contributed by atoms with Crippen molar-refractivity contribution >= 4 is 10.8 Å². The van der Waals surface area contributed by atoms with Gasteiger partial charge in [0.1, 0.15) is 0 Å². The predicted molar refractivity (Wildman–Crippen MR) is 63.6 cm³/mol. The van der Waals surface area contributed by atoms with Gasteiger partial charge >= 0.3 is 0 Å². The minimum Gasteiger partial charge on any atom is -0.317 e. The Labute approximate surface area is 98.3 Å². The van der Waals surface area contributed by atoms with Gasteiger partial charge in [-0.15, -0.1) is 0 Å². The van der Waals surface area contributed by atoms with Gasteiger partial charge in [0.25, 0.3) is 0 Å². The van der Waals surface area contributed by atoms with Gasteiger partial charge in [0.2, 0.25) is 5.16 Å². The second-order valence-electron chi connectivity index (χ2n) is 4.19. The molecule has 0 bridgehead atoms. The molecule has 0 spiro atoms. The lowest BCUT2D eigenvalue weighted by atomic mass is 10.0. The molecule has 0 saturated carbocycles. The molecule has 0 aliphatic carbocycles. The molecule has 5 heteroatoms. The minimum absolute atomic E-state index is 0.485.